The van der Waals surface area contributed by atoms with Gasteiger partial charge in [-0.05, 0) is 35.7 Å². The molecule has 2 aromatic rings. The van der Waals surface area contributed by atoms with Crippen LogP contribution in [-0.4, -0.2) is 35.7 Å². The van der Waals surface area contributed by atoms with Crippen LogP contribution >= 0.6 is 0 Å². The standard InChI is InChI=1S/C18H26N4O2/c1-14(2)12-21-18(20-10-7-16-4-3-11-24-16)22-13-17(23)15-5-8-19-9-6-15/h3-6,8-9,11,14,17,23H,7,10,12-13H2,1-2H3,(H2,20,21,22). The monoisotopic (exact) mass is 330 g/mol. The van der Waals surface area contributed by atoms with Crippen LogP contribution in [0, 0.1) is 5.92 Å². The van der Waals surface area contributed by atoms with Crippen molar-refractivity contribution in [3.63, 3.8) is 0 Å². The summed E-state index contributed by atoms with van der Waals surface area (Å²) in [6, 6.07) is 7.45. The van der Waals surface area contributed by atoms with Crippen LogP contribution in [-0.2, 0) is 6.42 Å². The van der Waals surface area contributed by atoms with E-state index in [4.69, 9.17) is 4.42 Å². The molecule has 1 atom stereocenters. The highest BCUT2D eigenvalue weighted by Gasteiger charge is 2.08. The molecule has 6 heteroatoms. The van der Waals surface area contributed by atoms with Crippen molar-refractivity contribution in [3.05, 3.63) is 54.2 Å². The Labute approximate surface area is 143 Å². The van der Waals surface area contributed by atoms with Crippen molar-refractivity contribution in [2.45, 2.75) is 26.4 Å². The van der Waals surface area contributed by atoms with Gasteiger partial charge in [-0.3, -0.25) is 9.98 Å². The van der Waals surface area contributed by atoms with Crippen molar-refractivity contribution >= 4 is 5.96 Å². The predicted molar refractivity (Wildman–Crippen MR) is 94.8 cm³/mol. The first-order valence-corrected chi connectivity index (χ1v) is 8.27. The zero-order chi connectivity index (χ0) is 17.2. The Morgan fingerprint density at radius 3 is 2.71 bits per heavy atom. The van der Waals surface area contributed by atoms with Crippen molar-refractivity contribution in [3.8, 4) is 0 Å². The van der Waals surface area contributed by atoms with Gasteiger partial charge in [-0.15, -0.1) is 0 Å². The second kappa shape index (κ2) is 9.72. The molecule has 2 heterocycles. The minimum Gasteiger partial charge on any atom is -0.469 e. The van der Waals surface area contributed by atoms with E-state index in [1.807, 2.05) is 24.3 Å². The summed E-state index contributed by atoms with van der Waals surface area (Å²) in [4.78, 5) is 8.51. The van der Waals surface area contributed by atoms with Gasteiger partial charge in [-0.1, -0.05) is 13.8 Å². The second-order valence-corrected chi connectivity index (χ2v) is 6.02. The predicted octanol–water partition coefficient (Wildman–Crippen LogP) is 2.14. The van der Waals surface area contributed by atoms with Crippen molar-refractivity contribution in [2.75, 3.05) is 19.6 Å². The molecule has 0 aliphatic heterocycles. The summed E-state index contributed by atoms with van der Waals surface area (Å²) in [6.07, 6.45) is 5.19. The van der Waals surface area contributed by atoms with Gasteiger partial charge < -0.3 is 20.2 Å². The number of aliphatic hydroxyl groups is 1. The molecule has 0 aliphatic carbocycles. The van der Waals surface area contributed by atoms with Crippen molar-refractivity contribution < 1.29 is 9.52 Å². The fourth-order valence-electron chi connectivity index (χ4n) is 2.10. The number of aliphatic imine (C=N–C) groups is 1. The Morgan fingerprint density at radius 1 is 1.25 bits per heavy atom. The number of guanidine groups is 1. The number of hydrogen-bond acceptors (Lipinski definition) is 4. The van der Waals surface area contributed by atoms with Crippen LogP contribution in [0.2, 0.25) is 0 Å². The number of nitrogens with one attached hydrogen (secondary N) is 2. The Hall–Kier alpha value is -2.34. The van der Waals surface area contributed by atoms with Gasteiger partial charge in [0.05, 0.1) is 12.4 Å². The molecule has 1 unspecified atom stereocenters. The summed E-state index contributed by atoms with van der Waals surface area (Å²) < 4.78 is 5.32. The van der Waals surface area contributed by atoms with Crippen LogP contribution in [0.25, 0.3) is 0 Å². The van der Waals surface area contributed by atoms with Gasteiger partial charge in [-0.2, -0.15) is 0 Å². The number of rotatable bonds is 8. The molecule has 6 nitrogen and oxygen atoms in total. The fourth-order valence-corrected chi connectivity index (χ4v) is 2.10. The van der Waals surface area contributed by atoms with Gasteiger partial charge in [0.2, 0.25) is 0 Å². The molecular formula is C18H26N4O2. The Bertz CT molecular complexity index is 597. The van der Waals surface area contributed by atoms with Gasteiger partial charge in [0.25, 0.3) is 0 Å². The quantitative estimate of drug-likeness (QED) is 0.510. The molecule has 2 rings (SSSR count). The fraction of sp³-hybridized carbons (Fsp3) is 0.444. The number of pyridine rings is 1. The molecule has 24 heavy (non-hydrogen) atoms. The van der Waals surface area contributed by atoms with E-state index in [1.165, 1.54) is 0 Å². The third-order valence-electron chi connectivity index (χ3n) is 3.41. The van der Waals surface area contributed by atoms with E-state index in [0.29, 0.717) is 25.0 Å². The molecule has 0 aromatic carbocycles. The topological polar surface area (TPSA) is 82.7 Å². The first-order valence-electron chi connectivity index (χ1n) is 8.27. The molecule has 0 amide bonds. The molecule has 0 radical (unpaired) electrons. The highest BCUT2D eigenvalue weighted by atomic mass is 16.3. The van der Waals surface area contributed by atoms with E-state index < -0.39 is 6.10 Å². The van der Waals surface area contributed by atoms with Crippen molar-refractivity contribution in [2.24, 2.45) is 10.9 Å². The van der Waals surface area contributed by atoms with E-state index in [1.54, 1.807) is 18.7 Å². The third kappa shape index (κ3) is 6.42. The summed E-state index contributed by atoms with van der Waals surface area (Å²) >= 11 is 0. The summed E-state index contributed by atoms with van der Waals surface area (Å²) in [5.74, 6) is 2.10. The SMILES string of the molecule is CC(C)CN=C(NCCc1ccco1)NCC(O)c1ccncc1. The molecular weight excluding hydrogens is 304 g/mol. The molecule has 3 N–H and O–H groups in total. The second-order valence-electron chi connectivity index (χ2n) is 6.02. The maximum absolute atomic E-state index is 10.2. The van der Waals surface area contributed by atoms with Gasteiger partial charge in [0, 0.05) is 38.4 Å². The summed E-state index contributed by atoms with van der Waals surface area (Å²) in [5, 5.41) is 16.7. The van der Waals surface area contributed by atoms with Gasteiger partial charge in [-0.25, -0.2) is 0 Å². The number of hydrogen-bond donors (Lipinski definition) is 3. The lowest BCUT2D eigenvalue weighted by atomic mass is 10.1. The van der Waals surface area contributed by atoms with E-state index >= 15 is 0 Å². The lowest BCUT2D eigenvalue weighted by Gasteiger charge is -2.16. The Kier molecular flexibility index (Phi) is 7.29. The normalized spacial score (nSPS) is 13.1. The Balaban J connectivity index is 1.84. The molecule has 130 valence electrons. The molecule has 0 saturated heterocycles. The van der Waals surface area contributed by atoms with E-state index in [9.17, 15) is 5.11 Å². The van der Waals surface area contributed by atoms with Crippen molar-refractivity contribution in [1.29, 1.82) is 0 Å². The molecule has 0 spiro atoms. The van der Waals surface area contributed by atoms with Crippen molar-refractivity contribution in [1.82, 2.24) is 15.6 Å². The van der Waals surface area contributed by atoms with Crippen LogP contribution < -0.4 is 10.6 Å². The largest absolute Gasteiger partial charge is 0.469 e. The maximum Gasteiger partial charge on any atom is 0.191 e. The lowest BCUT2D eigenvalue weighted by molar-refractivity contribution is 0.180. The highest BCUT2D eigenvalue weighted by Crippen LogP contribution is 2.09. The van der Waals surface area contributed by atoms with E-state index in [2.05, 4.69) is 34.5 Å². The first kappa shape index (κ1) is 18.0. The molecule has 0 fully saturated rings. The van der Waals surface area contributed by atoms with Gasteiger partial charge in [0.1, 0.15) is 5.76 Å². The third-order valence-corrected chi connectivity index (χ3v) is 3.41. The van der Waals surface area contributed by atoms with Crippen LogP contribution in [0.3, 0.4) is 0 Å². The minimum absolute atomic E-state index is 0.384. The number of aromatic nitrogens is 1. The van der Waals surface area contributed by atoms with Crippen LogP contribution in [0.1, 0.15) is 31.3 Å². The minimum atomic E-state index is -0.607. The van der Waals surface area contributed by atoms with Crippen LogP contribution in [0.15, 0.2) is 52.3 Å². The number of furan rings is 1. The van der Waals surface area contributed by atoms with Gasteiger partial charge in [0.15, 0.2) is 5.96 Å². The first-order chi connectivity index (χ1) is 11.6. The van der Waals surface area contributed by atoms with Crippen LogP contribution in [0.5, 0.6) is 0 Å². The summed E-state index contributed by atoms with van der Waals surface area (Å²) in [7, 11) is 0. The average molecular weight is 330 g/mol. The van der Waals surface area contributed by atoms with E-state index in [-0.39, 0.29) is 0 Å². The highest BCUT2D eigenvalue weighted by molar-refractivity contribution is 5.79. The van der Waals surface area contributed by atoms with Gasteiger partial charge >= 0.3 is 0 Å². The molecule has 0 saturated carbocycles. The summed E-state index contributed by atoms with van der Waals surface area (Å²) in [6.45, 7) is 6.06. The zero-order valence-corrected chi connectivity index (χ0v) is 14.3. The molecule has 0 bridgehead atoms. The number of nitrogens with zero attached hydrogens (tertiary/aromatic N) is 2. The van der Waals surface area contributed by atoms with Crippen LogP contribution in [0.4, 0.5) is 0 Å². The smallest absolute Gasteiger partial charge is 0.191 e. The average Bonchev–Trinajstić information content (AvgIpc) is 3.10. The number of aliphatic hydroxyl groups excluding tert-OH is 1. The van der Waals surface area contributed by atoms with E-state index in [0.717, 1.165) is 24.3 Å². The lowest BCUT2D eigenvalue weighted by Crippen LogP contribution is -2.40. The zero-order valence-electron chi connectivity index (χ0n) is 14.3. The summed E-state index contributed by atoms with van der Waals surface area (Å²) in [5.41, 5.74) is 0.830. The molecule has 2 aromatic heterocycles. The Morgan fingerprint density at radius 2 is 2.04 bits per heavy atom. The molecule has 0 aliphatic rings. The maximum atomic E-state index is 10.2.